The van der Waals surface area contributed by atoms with Crippen LogP contribution in [0.2, 0.25) is 0 Å². The van der Waals surface area contributed by atoms with Crippen molar-refractivity contribution in [2.24, 2.45) is 0 Å². The summed E-state index contributed by atoms with van der Waals surface area (Å²) >= 11 is 1.39. The maximum Gasteiger partial charge on any atom is 0.140 e. The van der Waals surface area contributed by atoms with Gasteiger partial charge in [-0.25, -0.2) is 4.98 Å². The molecular weight excluding hydrogens is 274 g/mol. The number of hydrogen-bond donors (Lipinski definition) is 0. The van der Waals surface area contributed by atoms with Gasteiger partial charge in [-0.2, -0.15) is 0 Å². The summed E-state index contributed by atoms with van der Waals surface area (Å²) in [5, 5.41) is 12.9. The molecule has 0 fully saturated rings. The van der Waals surface area contributed by atoms with Gasteiger partial charge < -0.3 is 14.6 Å². The Morgan fingerprint density at radius 1 is 1.35 bits per heavy atom. The lowest BCUT2D eigenvalue weighted by Gasteiger charge is -2.05. The molecule has 5 heteroatoms. The fraction of sp³-hybridized carbons (Fsp3) is 0.333. The van der Waals surface area contributed by atoms with Crippen molar-refractivity contribution in [1.29, 1.82) is 0 Å². The zero-order valence-corrected chi connectivity index (χ0v) is 12.1. The maximum absolute atomic E-state index is 10.5. The van der Waals surface area contributed by atoms with Crippen LogP contribution in [0.1, 0.15) is 29.6 Å². The van der Waals surface area contributed by atoms with Gasteiger partial charge in [-0.1, -0.05) is 25.5 Å². The number of thiazole rings is 1. The standard InChI is InChI=1S/C15H17NO3S/c1-2-3-11-4-6-13(7-5-11)19-9-14-16-12(10-20-14)8-15(17)18/h4-7,10H,2-3,8-9H2,1H3,(H,17,18)/p-1. The molecule has 0 radical (unpaired) electrons. The Hall–Kier alpha value is -1.88. The Kier molecular flexibility index (Phi) is 5.12. The van der Waals surface area contributed by atoms with Crippen LogP contribution in [-0.2, 0) is 24.2 Å². The maximum atomic E-state index is 10.5. The number of hydrogen-bond acceptors (Lipinski definition) is 5. The second kappa shape index (κ2) is 7.05. The molecule has 0 saturated carbocycles. The van der Waals surface area contributed by atoms with Crippen molar-refractivity contribution in [2.75, 3.05) is 0 Å². The van der Waals surface area contributed by atoms with E-state index in [9.17, 15) is 9.90 Å². The fourth-order valence-corrected chi connectivity index (χ4v) is 2.54. The van der Waals surface area contributed by atoms with Crippen molar-refractivity contribution < 1.29 is 14.6 Å². The highest BCUT2D eigenvalue weighted by Gasteiger charge is 2.03. The van der Waals surface area contributed by atoms with Gasteiger partial charge in [0, 0.05) is 17.8 Å². The van der Waals surface area contributed by atoms with Crippen molar-refractivity contribution in [3.05, 3.63) is 45.9 Å². The van der Waals surface area contributed by atoms with Gasteiger partial charge in [-0.05, 0) is 24.1 Å². The average molecular weight is 290 g/mol. The minimum Gasteiger partial charge on any atom is -0.550 e. The van der Waals surface area contributed by atoms with Gasteiger partial charge in [0.15, 0.2) is 0 Å². The molecule has 4 nitrogen and oxygen atoms in total. The summed E-state index contributed by atoms with van der Waals surface area (Å²) in [4.78, 5) is 14.6. The molecule has 0 saturated heterocycles. The molecule has 2 aromatic rings. The number of carboxylic acid groups (broad SMARTS) is 1. The zero-order chi connectivity index (χ0) is 14.4. The number of aliphatic carboxylic acids is 1. The van der Waals surface area contributed by atoms with Crippen molar-refractivity contribution in [1.82, 2.24) is 4.98 Å². The second-order valence-electron chi connectivity index (χ2n) is 4.46. The first-order valence-corrected chi connectivity index (χ1v) is 7.40. The Morgan fingerprint density at radius 2 is 2.10 bits per heavy atom. The third-order valence-electron chi connectivity index (χ3n) is 2.75. The lowest BCUT2D eigenvalue weighted by molar-refractivity contribution is -0.304. The van der Waals surface area contributed by atoms with Crippen molar-refractivity contribution in [3.8, 4) is 5.75 Å². The summed E-state index contributed by atoms with van der Waals surface area (Å²) in [7, 11) is 0. The molecule has 0 spiro atoms. The predicted octanol–water partition coefficient (Wildman–Crippen LogP) is 1.97. The summed E-state index contributed by atoms with van der Waals surface area (Å²) < 4.78 is 5.63. The van der Waals surface area contributed by atoms with Gasteiger partial charge in [0.25, 0.3) is 0 Å². The van der Waals surface area contributed by atoms with E-state index in [0.717, 1.165) is 23.6 Å². The van der Waals surface area contributed by atoms with Gasteiger partial charge in [0.1, 0.15) is 17.4 Å². The van der Waals surface area contributed by atoms with Gasteiger partial charge >= 0.3 is 0 Å². The van der Waals surface area contributed by atoms with Gasteiger partial charge in [-0.15, -0.1) is 11.3 Å². The highest BCUT2D eigenvalue weighted by atomic mass is 32.1. The van der Waals surface area contributed by atoms with E-state index in [4.69, 9.17) is 4.74 Å². The van der Waals surface area contributed by atoms with Crippen molar-refractivity contribution in [2.45, 2.75) is 32.8 Å². The molecule has 1 heterocycles. The molecule has 20 heavy (non-hydrogen) atoms. The van der Waals surface area contributed by atoms with E-state index in [0.29, 0.717) is 12.3 Å². The smallest absolute Gasteiger partial charge is 0.140 e. The molecule has 0 amide bonds. The highest BCUT2D eigenvalue weighted by molar-refractivity contribution is 7.09. The van der Waals surface area contributed by atoms with Crippen LogP contribution in [0.25, 0.3) is 0 Å². The van der Waals surface area contributed by atoms with Gasteiger partial charge in [0.05, 0.1) is 5.69 Å². The SMILES string of the molecule is CCCc1ccc(OCc2nc(CC(=O)[O-])cs2)cc1. The first kappa shape index (κ1) is 14.5. The number of ether oxygens (including phenoxy) is 1. The van der Waals surface area contributed by atoms with E-state index < -0.39 is 5.97 Å². The molecule has 0 aliphatic heterocycles. The number of carbonyl (C=O) groups is 1. The van der Waals surface area contributed by atoms with Crippen LogP contribution in [0.5, 0.6) is 5.75 Å². The third kappa shape index (κ3) is 4.35. The summed E-state index contributed by atoms with van der Waals surface area (Å²) in [5.41, 5.74) is 1.82. The van der Waals surface area contributed by atoms with E-state index in [1.807, 2.05) is 12.1 Å². The summed E-state index contributed by atoms with van der Waals surface area (Å²) in [6.07, 6.45) is 2.04. The first-order chi connectivity index (χ1) is 9.67. The van der Waals surface area contributed by atoms with Crippen molar-refractivity contribution >= 4 is 17.3 Å². The van der Waals surface area contributed by atoms with Gasteiger partial charge in [-0.3, -0.25) is 0 Å². The molecule has 0 N–H and O–H groups in total. The van der Waals surface area contributed by atoms with E-state index in [2.05, 4.69) is 24.0 Å². The molecule has 0 unspecified atom stereocenters. The average Bonchev–Trinajstić information content (AvgIpc) is 2.85. The van der Waals surface area contributed by atoms with Crippen LogP contribution >= 0.6 is 11.3 Å². The third-order valence-corrected chi connectivity index (χ3v) is 3.62. The van der Waals surface area contributed by atoms with E-state index in [-0.39, 0.29) is 6.42 Å². The number of nitrogens with zero attached hydrogens (tertiary/aromatic N) is 1. The largest absolute Gasteiger partial charge is 0.550 e. The quantitative estimate of drug-likeness (QED) is 0.782. The summed E-state index contributed by atoms with van der Waals surface area (Å²) in [5.74, 6) is -0.323. The summed E-state index contributed by atoms with van der Waals surface area (Å²) in [6.45, 7) is 2.50. The van der Waals surface area contributed by atoms with Crippen molar-refractivity contribution in [3.63, 3.8) is 0 Å². The van der Waals surface area contributed by atoms with Crippen LogP contribution < -0.4 is 9.84 Å². The zero-order valence-electron chi connectivity index (χ0n) is 11.3. The fourth-order valence-electron chi connectivity index (χ4n) is 1.83. The van der Waals surface area contributed by atoms with E-state index in [1.54, 1.807) is 5.38 Å². The van der Waals surface area contributed by atoms with Crippen LogP contribution in [0.4, 0.5) is 0 Å². The Morgan fingerprint density at radius 3 is 2.75 bits per heavy atom. The number of carbonyl (C=O) groups excluding carboxylic acids is 1. The lowest BCUT2D eigenvalue weighted by Crippen LogP contribution is -2.24. The first-order valence-electron chi connectivity index (χ1n) is 6.52. The molecule has 2 rings (SSSR count). The van der Waals surface area contributed by atoms with Crippen LogP contribution in [0, 0.1) is 0 Å². The van der Waals surface area contributed by atoms with E-state index >= 15 is 0 Å². The molecule has 1 aromatic carbocycles. The number of benzene rings is 1. The monoisotopic (exact) mass is 290 g/mol. The van der Waals surface area contributed by atoms with Crippen LogP contribution in [0.3, 0.4) is 0 Å². The normalized spacial score (nSPS) is 10.4. The molecule has 106 valence electrons. The number of aromatic nitrogens is 1. The molecule has 0 aliphatic carbocycles. The Balaban J connectivity index is 1.88. The Labute approximate surface area is 122 Å². The Bertz CT molecular complexity index is 563. The van der Waals surface area contributed by atoms with E-state index in [1.165, 1.54) is 16.9 Å². The summed E-state index contributed by atoms with van der Waals surface area (Å²) in [6, 6.07) is 8.01. The molecule has 0 atom stereocenters. The minimum atomic E-state index is -1.12. The second-order valence-corrected chi connectivity index (χ2v) is 5.41. The molecule has 0 aliphatic rings. The lowest BCUT2D eigenvalue weighted by atomic mass is 10.1. The molecule has 1 aromatic heterocycles. The molecule has 0 bridgehead atoms. The topological polar surface area (TPSA) is 62.2 Å². The minimum absolute atomic E-state index is 0.151. The number of rotatable bonds is 7. The number of carboxylic acids is 1. The van der Waals surface area contributed by atoms with Crippen LogP contribution in [-0.4, -0.2) is 11.0 Å². The highest BCUT2D eigenvalue weighted by Crippen LogP contribution is 2.17. The van der Waals surface area contributed by atoms with Crippen LogP contribution in [0.15, 0.2) is 29.6 Å². The van der Waals surface area contributed by atoms with Gasteiger partial charge in [0.2, 0.25) is 0 Å². The number of aryl methyl sites for hydroxylation is 1. The predicted molar refractivity (Wildman–Crippen MR) is 75.6 cm³/mol. The molecular formula is C15H16NO3S-.